The molecule has 0 atom stereocenters. The summed E-state index contributed by atoms with van der Waals surface area (Å²) in [6.07, 6.45) is 0.0533. The number of nitrogens with zero attached hydrogens (tertiary/aromatic N) is 3. The molecule has 6 nitrogen and oxygen atoms in total. The molecule has 1 aromatic heterocycles. The van der Waals surface area contributed by atoms with E-state index in [0.29, 0.717) is 22.9 Å². The van der Waals surface area contributed by atoms with Gasteiger partial charge in [-0.2, -0.15) is 0 Å². The molecular weight excluding hydrogens is 434 g/mol. The van der Waals surface area contributed by atoms with Crippen LogP contribution in [0.2, 0.25) is 0 Å². The number of rotatable bonds is 7. The van der Waals surface area contributed by atoms with E-state index in [1.807, 2.05) is 50.2 Å². The first-order valence-corrected chi connectivity index (χ1v) is 13.2. The third-order valence-corrected chi connectivity index (χ3v) is 8.02. The predicted molar refractivity (Wildman–Crippen MR) is 134 cm³/mol. The maximum absolute atomic E-state index is 13.9. The van der Waals surface area contributed by atoms with Crippen LogP contribution in [0.1, 0.15) is 44.9 Å². The average molecular weight is 470 g/mol. The zero-order valence-electron chi connectivity index (χ0n) is 20.3. The van der Waals surface area contributed by atoms with E-state index < -0.39 is 10.0 Å². The summed E-state index contributed by atoms with van der Waals surface area (Å²) < 4.78 is 35.1. The Morgan fingerprint density at radius 1 is 0.909 bits per heavy atom. The van der Waals surface area contributed by atoms with E-state index in [0.717, 1.165) is 48.6 Å². The molecule has 33 heavy (non-hydrogen) atoms. The number of benzene rings is 2. The smallest absolute Gasteiger partial charge is 0.268 e. The minimum absolute atomic E-state index is 0.0533. The summed E-state index contributed by atoms with van der Waals surface area (Å²) in [6, 6.07) is 14.9. The fourth-order valence-corrected chi connectivity index (χ4v) is 5.87. The molecule has 0 unspecified atom stereocenters. The van der Waals surface area contributed by atoms with Gasteiger partial charge in [-0.15, -0.1) is 0 Å². The summed E-state index contributed by atoms with van der Waals surface area (Å²) >= 11 is 0. The van der Waals surface area contributed by atoms with Gasteiger partial charge < -0.3 is 9.64 Å². The van der Waals surface area contributed by atoms with Crippen molar-refractivity contribution in [3.63, 3.8) is 0 Å². The zero-order chi connectivity index (χ0) is 23.8. The molecule has 1 saturated heterocycles. The van der Waals surface area contributed by atoms with Crippen LogP contribution in [0.4, 0.5) is 0 Å². The normalized spacial score (nSPS) is 16.2. The van der Waals surface area contributed by atoms with Gasteiger partial charge in [-0.3, -0.25) is 4.90 Å². The van der Waals surface area contributed by atoms with Gasteiger partial charge in [-0.25, -0.2) is 12.4 Å². The Hall–Kier alpha value is -2.35. The molecule has 0 saturated carbocycles. The molecule has 0 radical (unpaired) electrons. The van der Waals surface area contributed by atoms with Crippen molar-refractivity contribution in [3.8, 4) is 5.75 Å². The molecule has 2 aromatic carbocycles. The van der Waals surface area contributed by atoms with Crippen molar-refractivity contribution in [2.24, 2.45) is 0 Å². The molecule has 0 spiro atoms. The number of fused-ring (bicyclic) bond motifs is 1. The van der Waals surface area contributed by atoms with Crippen LogP contribution in [-0.2, 0) is 16.6 Å². The predicted octanol–water partition coefficient (Wildman–Crippen LogP) is 4.54. The molecule has 3 aromatic rings. The highest BCUT2D eigenvalue weighted by atomic mass is 32.2. The van der Waals surface area contributed by atoms with Crippen molar-refractivity contribution >= 4 is 20.9 Å². The van der Waals surface area contributed by atoms with Gasteiger partial charge in [-0.05, 0) is 68.8 Å². The molecular formula is C26H35N3O3S. The van der Waals surface area contributed by atoms with Gasteiger partial charge in [0.2, 0.25) is 0 Å². The van der Waals surface area contributed by atoms with E-state index in [9.17, 15) is 8.42 Å². The molecule has 4 rings (SSSR count). The summed E-state index contributed by atoms with van der Waals surface area (Å²) in [5.74, 6) is 1.10. The lowest BCUT2D eigenvalue weighted by atomic mass is 10.0. The van der Waals surface area contributed by atoms with E-state index in [2.05, 4.69) is 30.7 Å². The van der Waals surface area contributed by atoms with Gasteiger partial charge in [-0.1, -0.05) is 26.0 Å². The van der Waals surface area contributed by atoms with Crippen molar-refractivity contribution in [1.29, 1.82) is 0 Å². The highest BCUT2D eigenvalue weighted by molar-refractivity contribution is 7.90. The topological polar surface area (TPSA) is 54.8 Å². The second-order valence-corrected chi connectivity index (χ2v) is 11.4. The van der Waals surface area contributed by atoms with Gasteiger partial charge in [0.05, 0.1) is 16.5 Å². The minimum atomic E-state index is -3.75. The largest absolute Gasteiger partial charge is 0.491 e. The molecule has 1 aliphatic heterocycles. The van der Waals surface area contributed by atoms with Gasteiger partial charge in [0.1, 0.15) is 5.75 Å². The first-order valence-electron chi connectivity index (χ1n) is 11.7. The number of hydrogen-bond donors (Lipinski definition) is 0. The SMILES string of the molecule is CC(C)Oc1ccc2c(c1)cc(CN1CCN(C)CC1)n2S(=O)(=O)c1ccc(C(C)C)cc1. The molecule has 0 amide bonds. The van der Waals surface area contributed by atoms with Gasteiger partial charge in [0.25, 0.3) is 10.0 Å². The number of piperazine rings is 1. The van der Waals surface area contributed by atoms with Crippen LogP contribution < -0.4 is 4.74 Å². The molecule has 1 aliphatic rings. The second kappa shape index (κ2) is 9.49. The Bertz CT molecular complexity index is 1210. The first kappa shape index (κ1) is 23.8. The van der Waals surface area contributed by atoms with Crippen LogP contribution in [0.15, 0.2) is 53.4 Å². The zero-order valence-corrected chi connectivity index (χ0v) is 21.1. The van der Waals surface area contributed by atoms with E-state index in [1.54, 1.807) is 12.1 Å². The second-order valence-electron chi connectivity index (χ2n) is 9.60. The molecule has 0 bridgehead atoms. The number of aromatic nitrogens is 1. The number of ether oxygens (including phenoxy) is 1. The monoisotopic (exact) mass is 469 g/mol. The lowest BCUT2D eigenvalue weighted by Gasteiger charge is -2.32. The fourth-order valence-electron chi connectivity index (χ4n) is 4.33. The van der Waals surface area contributed by atoms with Crippen molar-refractivity contribution in [1.82, 2.24) is 13.8 Å². The third kappa shape index (κ3) is 5.10. The van der Waals surface area contributed by atoms with Crippen molar-refractivity contribution in [2.45, 2.75) is 51.2 Å². The average Bonchev–Trinajstić information content (AvgIpc) is 3.12. The number of hydrogen-bond acceptors (Lipinski definition) is 5. The van der Waals surface area contributed by atoms with E-state index in [-0.39, 0.29) is 6.10 Å². The van der Waals surface area contributed by atoms with Crippen LogP contribution in [0.5, 0.6) is 5.75 Å². The minimum Gasteiger partial charge on any atom is -0.491 e. The first-order chi connectivity index (χ1) is 15.6. The van der Waals surface area contributed by atoms with Gasteiger partial charge >= 0.3 is 0 Å². The molecule has 1 fully saturated rings. The Morgan fingerprint density at radius 2 is 1.58 bits per heavy atom. The molecule has 0 aliphatic carbocycles. The van der Waals surface area contributed by atoms with Crippen LogP contribution in [0.3, 0.4) is 0 Å². The van der Waals surface area contributed by atoms with Crippen molar-refractivity contribution in [3.05, 3.63) is 59.8 Å². The highest BCUT2D eigenvalue weighted by Crippen LogP contribution is 2.30. The molecule has 178 valence electrons. The Kier molecular flexibility index (Phi) is 6.84. The maximum Gasteiger partial charge on any atom is 0.268 e. The Morgan fingerprint density at radius 3 is 2.18 bits per heavy atom. The summed E-state index contributed by atoms with van der Waals surface area (Å²) in [6.45, 7) is 12.6. The van der Waals surface area contributed by atoms with Crippen molar-refractivity contribution in [2.75, 3.05) is 33.2 Å². The van der Waals surface area contributed by atoms with Crippen LogP contribution in [0.25, 0.3) is 10.9 Å². The lowest BCUT2D eigenvalue weighted by molar-refractivity contribution is 0.147. The van der Waals surface area contributed by atoms with E-state index in [4.69, 9.17) is 4.74 Å². The number of likely N-dealkylation sites (N-methyl/N-ethyl adjacent to an activating group) is 1. The summed E-state index contributed by atoms with van der Waals surface area (Å²) in [4.78, 5) is 4.94. The van der Waals surface area contributed by atoms with E-state index >= 15 is 0 Å². The van der Waals surface area contributed by atoms with Gasteiger partial charge in [0.15, 0.2) is 0 Å². The van der Waals surface area contributed by atoms with Crippen LogP contribution in [-0.4, -0.2) is 61.5 Å². The summed E-state index contributed by atoms with van der Waals surface area (Å²) in [5.41, 5.74) is 2.59. The summed E-state index contributed by atoms with van der Waals surface area (Å²) in [7, 11) is -1.63. The van der Waals surface area contributed by atoms with Crippen molar-refractivity contribution < 1.29 is 13.2 Å². The molecule has 2 heterocycles. The van der Waals surface area contributed by atoms with Crippen LogP contribution >= 0.6 is 0 Å². The quantitative estimate of drug-likeness (QED) is 0.509. The fraction of sp³-hybridized carbons (Fsp3) is 0.462. The Labute approximate surface area is 197 Å². The van der Waals surface area contributed by atoms with Gasteiger partial charge in [0, 0.05) is 43.8 Å². The maximum atomic E-state index is 13.9. The summed E-state index contributed by atoms with van der Waals surface area (Å²) in [5, 5.41) is 0.875. The van der Waals surface area contributed by atoms with Crippen LogP contribution in [0, 0.1) is 0 Å². The standard InChI is InChI=1S/C26H35N3O3S/c1-19(2)21-6-9-25(10-7-21)33(30,31)29-23(18-28-14-12-27(5)13-15-28)16-22-17-24(32-20(3)4)8-11-26(22)29/h6-11,16-17,19-20H,12-15,18H2,1-5H3. The highest BCUT2D eigenvalue weighted by Gasteiger charge is 2.25. The third-order valence-electron chi connectivity index (χ3n) is 6.24. The Balaban J connectivity index is 1.79. The van der Waals surface area contributed by atoms with E-state index in [1.165, 1.54) is 3.97 Å². The molecule has 0 N–H and O–H groups in total. The lowest BCUT2D eigenvalue weighted by Crippen LogP contribution is -2.44. The molecule has 7 heteroatoms.